The van der Waals surface area contributed by atoms with E-state index >= 15 is 0 Å². The predicted molar refractivity (Wildman–Crippen MR) is 57.1 cm³/mol. The number of aryl methyl sites for hydroxylation is 1. The lowest BCUT2D eigenvalue weighted by molar-refractivity contribution is 0.532. The molecule has 1 heterocycles. The number of imidazole rings is 1. The predicted octanol–water partition coefficient (Wildman–Crippen LogP) is 1.89. The van der Waals surface area contributed by atoms with Gasteiger partial charge in [-0.3, -0.25) is 0 Å². The zero-order chi connectivity index (χ0) is 9.97. The third-order valence-corrected chi connectivity index (χ3v) is 3.11. The Hall–Kier alpha value is -0.830. The minimum atomic E-state index is 0.327. The highest BCUT2D eigenvalue weighted by Crippen LogP contribution is 2.32. The molecule has 1 fully saturated rings. The minimum absolute atomic E-state index is 0.327. The van der Waals surface area contributed by atoms with Crippen molar-refractivity contribution in [3.8, 4) is 0 Å². The van der Waals surface area contributed by atoms with Crippen LogP contribution in [0.25, 0.3) is 0 Å². The fourth-order valence-electron chi connectivity index (χ4n) is 2.39. The second kappa shape index (κ2) is 4.13. The first-order valence-corrected chi connectivity index (χ1v) is 5.59. The van der Waals surface area contributed by atoms with Gasteiger partial charge in [-0.25, -0.2) is 4.98 Å². The van der Waals surface area contributed by atoms with E-state index in [1.807, 2.05) is 6.20 Å². The smallest absolute Gasteiger partial charge is 0.113 e. The maximum absolute atomic E-state index is 6.08. The second-order valence-corrected chi connectivity index (χ2v) is 4.18. The summed E-state index contributed by atoms with van der Waals surface area (Å²) in [5.41, 5.74) is 6.08. The van der Waals surface area contributed by atoms with Crippen LogP contribution >= 0.6 is 0 Å². The molecule has 2 rings (SSSR count). The van der Waals surface area contributed by atoms with E-state index in [9.17, 15) is 0 Å². The molecule has 0 amide bonds. The molecular formula is C11H19N3. The molecule has 3 heteroatoms. The van der Waals surface area contributed by atoms with Gasteiger partial charge < -0.3 is 10.3 Å². The molecule has 0 spiro atoms. The van der Waals surface area contributed by atoms with Gasteiger partial charge in [0, 0.05) is 30.9 Å². The lowest BCUT2D eigenvalue weighted by Gasteiger charge is -2.16. The van der Waals surface area contributed by atoms with Crippen LogP contribution < -0.4 is 5.73 Å². The largest absolute Gasteiger partial charge is 0.335 e. The number of nitrogens with zero attached hydrogens (tertiary/aromatic N) is 2. The van der Waals surface area contributed by atoms with Gasteiger partial charge in [0.1, 0.15) is 5.82 Å². The summed E-state index contributed by atoms with van der Waals surface area (Å²) in [7, 11) is 0. The average Bonchev–Trinajstić information content (AvgIpc) is 2.74. The van der Waals surface area contributed by atoms with Crippen LogP contribution in [0, 0.1) is 0 Å². The van der Waals surface area contributed by atoms with Crippen LogP contribution in [-0.2, 0) is 6.54 Å². The van der Waals surface area contributed by atoms with Gasteiger partial charge in [0.2, 0.25) is 0 Å². The van der Waals surface area contributed by atoms with Gasteiger partial charge in [-0.1, -0.05) is 13.3 Å². The molecule has 1 aromatic heterocycles. The molecule has 2 N–H and O–H groups in total. The van der Waals surface area contributed by atoms with Crippen LogP contribution in [0.4, 0.5) is 0 Å². The number of aromatic nitrogens is 2. The zero-order valence-electron chi connectivity index (χ0n) is 8.82. The maximum Gasteiger partial charge on any atom is 0.113 e. The Bertz CT molecular complexity index is 292. The summed E-state index contributed by atoms with van der Waals surface area (Å²) in [5.74, 6) is 1.70. The molecule has 1 aliphatic carbocycles. The van der Waals surface area contributed by atoms with Gasteiger partial charge in [-0.15, -0.1) is 0 Å². The standard InChI is InChI=1S/C11H19N3/c1-2-7-14-8-6-13-11(14)9-4-3-5-10(9)12/h6,8-10H,2-5,7,12H2,1H3. The van der Waals surface area contributed by atoms with Crippen LogP contribution in [0.15, 0.2) is 12.4 Å². The highest BCUT2D eigenvalue weighted by Gasteiger charge is 2.28. The lowest BCUT2D eigenvalue weighted by atomic mass is 10.0. The van der Waals surface area contributed by atoms with Gasteiger partial charge in [0.15, 0.2) is 0 Å². The third kappa shape index (κ3) is 1.69. The molecule has 1 saturated carbocycles. The van der Waals surface area contributed by atoms with Crippen LogP contribution in [0.5, 0.6) is 0 Å². The van der Waals surface area contributed by atoms with E-state index in [0.29, 0.717) is 12.0 Å². The van der Waals surface area contributed by atoms with E-state index in [1.165, 1.54) is 18.7 Å². The highest BCUT2D eigenvalue weighted by atomic mass is 15.1. The van der Waals surface area contributed by atoms with Gasteiger partial charge >= 0.3 is 0 Å². The van der Waals surface area contributed by atoms with Crippen molar-refractivity contribution < 1.29 is 0 Å². The van der Waals surface area contributed by atoms with Crippen molar-refractivity contribution in [1.82, 2.24) is 9.55 Å². The van der Waals surface area contributed by atoms with Crippen molar-refractivity contribution in [2.45, 2.75) is 51.1 Å². The SMILES string of the molecule is CCCn1ccnc1C1CCCC1N. The van der Waals surface area contributed by atoms with Crippen molar-refractivity contribution >= 4 is 0 Å². The van der Waals surface area contributed by atoms with Crippen LogP contribution in [0.2, 0.25) is 0 Å². The van der Waals surface area contributed by atoms with Gasteiger partial charge in [-0.2, -0.15) is 0 Å². The maximum atomic E-state index is 6.08. The Balaban J connectivity index is 2.17. The van der Waals surface area contributed by atoms with Crippen molar-refractivity contribution in [3.05, 3.63) is 18.2 Å². The van der Waals surface area contributed by atoms with Gasteiger partial charge in [0.05, 0.1) is 0 Å². The summed E-state index contributed by atoms with van der Waals surface area (Å²) in [6.45, 7) is 3.26. The first-order valence-electron chi connectivity index (χ1n) is 5.59. The summed E-state index contributed by atoms with van der Waals surface area (Å²) in [6.07, 6.45) is 8.75. The summed E-state index contributed by atoms with van der Waals surface area (Å²) in [5, 5.41) is 0. The van der Waals surface area contributed by atoms with Crippen molar-refractivity contribution in [3.63, 3.8) is 0 Å². The first-order chi connectivity index (χ1) is 6.83. The topological polar surface area (TPSA) is 43.8 Å². The molecule has 14 heavy (non-hydrogen) atoms. The molecule has 0 radical (unpaired) electrons. The summed E-state index contributed by atoms with van der Waals surface area (Å²) in [4.78, 5) is 4.45. The molecule has 0 aliphatic heterocycles. The first kappa shape index (κ1) is 9.71. The van der Waals surface area contributed by atoms with E-state index in [1.54, 1.807) is 0 Å². The number of hydrogen-bond acceptors (Lipinski definition) is 2. The fourth-order valence-corrected chi connectivity index (χ4v) is 2.39. The monoisotopic (exact) mass is 193 g/mol. The number of nitrogens with two attached hydrogens (primary N) is 1. The van der Waals surface area contributed by atoms with Crippen molar-refractivity contribution in [2.24, 2.45) is 5.73 Å². The molecule has 1 aliphatic rings. The third-order valence-electron chi connectivity index (χ3n) is 3.11. The van der Waals surface area contributed by atoms with E-state index < -0.39 is 0 Å². The summed E-state index contributed by atoms with van der Waals surface area (Å²) >= 11 is 0. The van der Waals surface area contributed by atoms with Crippen molar-refractivity contribution in [2.75, 3.05) is 0 Å². The fraction of sp³-hybridized carbons (Fsp3) is 0.727. The van der Waals surface area contributed by atoms with Gasteiger partial charge in [0.25, 0.3) is 0 Å². The second-order valence-electron chi connectivity index (χ2n) is 4.18. The molecule has 2 unspecified atom stereocenters. The molecule has 78 valence electrons. The molecule has 0 bridgehead atoms. The lowest BCUT2D eigenvalue weighted by Crippen LogP contribution is -2.25. The number of rotatable bonds is 3. The Labute approximate surface area is 85.3 Å². The molecule has 3 nitrogen and oxygen atoms in total. The quantitative estimate of drug-likeness (QED) is 0.796. The molecular weight excluding hydrogens is 174 g/mol. The summed E-state index contributed by atoms with van der Waals surface area (Å²) < 4.78 is 2.26. The molecule has 0 saturated heterocycles. The Morgan fingerprint density at radius 2 is 2.43 bits per heavy atom. The van der Waals surface area contributed by atoms with Crippen LogP contribution in [0.3, 0.4) is 0 Å². The van der Waals surface area contributed by atoms with Gasteiger partial charge in [-0.05, 0) is 19.3 Å². The molecule has 1 aromatic rings. The molecule has 0 aromatic carbocycles. The minimum Gasteiger partial charge on any atom is -0.335 e. The van der Waals surface area contributed by atoms with E-state index in [0.717, 1.165) is 19.4 Å². The van der Waals surface area contributed by atoms with Crippen molar-refractivity contribution in [1.29, 1.82) is 0 Å². The summed E-state index contributed by atoms with van der Waals surface area (Å²) in [6, 6.07) is 0.327. The average molecular weight is 193 g/mol. The zero-order valence-corrected chi connectivity index (χ0v) is 8.82. The molecule has 2 atom stereocenters. The van der Waals surface area contributed by atoms with Crippen LogP contribution in [0.1, 0.15) is 44.3 Å². The highest BCUT2D eigenvalue weighted by molar-refractivity contribution is 5.07. The van der Waals surface area contributed by atoms with Crippen LogP contribution in [-0.4, -0.2) is 15.6 Å². The van der Waals surface area contributed by atoms with E-state index in [2.05, 4.69) is 22.7 Å². The Morgan fingerprint density at radius 3 is 3.07 bits per heavy atom. The van der Waals surface area contributed by atoms with E-state index in [4.69, 9.17) is 5.73 Å². The normalized spacial score (nSPS) is 27.0. The van der Waals surface area contributed by atoms with E-state index in [-0.39, 0.29) is 0 Å². The Kier molecular flexibility index (Phi) is 2.87. The Morgan fingerprint density at radius 1 is 1.57 bits per heavy atom. The number of hydrogen-bond donors (Lipinski definition) is 1.